The van der Waals surface area contributed by atoms with E-state index in [1.165, 1.54) is 51.4 Å². The van der Waals surface area contributed by atoms with Gasteiger partial charge in [0.2, 0.25) is 0 Å². The van der Waals surface area contributed by atoms with Gasteiger partial charge in [0, 0.05) is 18.1 Å². The molecule has 0 aromatic carbocycles. The largest absolute Gasteiger partial charge is 0.317 e. The number of nitrogens with one attached hydrogen (secondary N) is 2. The quantitative estimate of drug-likeness (QED) is 0.722. The summed E-state index contributed by atoms with van der Waals surface area (Å²) in [6.45, 7) is 0. The van der Waals surface area contributed by atoms with Gasteiger partial charge in [0.15, 0.2) is 0 Å². The molecule has 0 spiro atoms. The van der Waals surface area contributed by atoms with E-state index in [9.17, 15) is 0 Å². The second-order valence-corrected chi connectivity index (χ2v) is 4.99. The van der Waals surface area contributed by atoms with E-state index in [1.54, 1.807) is 0 Å². The zero-order valence-corrected chi connectivity index (χ0v) is 9.39. The van der Waals surface area contributed by atoms with E-state index in [0.29, 0.717) is 0 Å². The molecule has 2 aliphatic rings. The van der Waals surface area contributed by atoms with Crippen molar-refractivity contribution >= 4 is 0 Å². The van der Waals surface area contributed by atoms with Gasteiger partial charge in [-0.2, -0.15) is 0 Å². The fraction of sp³-hybridized carbons (Fsp3) is 1.00. The van der Waals surface area contributed by atoms with Crippen LogP contribution in [0.2, 0.25) is 0 Å². The predicted octanol–water partition coefficient (Wildman–Crippen LogP) is 2.05. The molecule has 0 saturated heterocycles. The Bertz CT molecular complexity index is 156. The molecule has 0 heterocycles. The Kier molecular flexibility index (Phi) is 3.82. The van der Waals surface area contributed by atoms with Gasteiger partial charge in [-0.05, 0) is 45.6 Å². The molecule has 0 unspecified atom stereocenters. The maximum Gasteiger partial charge on any atom is 0.00708 e. The van der Waals surface area contributed by atoms with Crippen LogP contribution in [0.4, 0.5) is 0 Å². The molecule has 0 aromatic rings. The average Bonchev–Trinajstić information content (AvgIpc) is 2.72. The summed E-state index contributed by atoms with van der Waals surface area (Å²) < 4.78 is 0. The van der Waals surface area contributed by atoms with E-state index in [2.05, 4.69) is 17.7 Å². The van der Waals surface area contributed by atoms with Crippen LogP contribution in [0.5, 0.6) is 0 Å². The first-order valence-corrected chi connectivity index (χ1v) is 6.32. The fourth-order valence-corrected chi connectivity index (χ4v) is 2.97. The molecule has 2 heteroatoms. The van der Waals surface area contributed by atoms with Gasteiger partial charge >= 0.3 is 0 Å². The Morgan fingerprint density at radius 2 is 1.21 bits per heavy atom. The molecule has 14 heavy (non-hydrogen) atoms. The summed E-state index contributed by atoms with van der Waals surface area (Å²) in [5.74, 6) is 0. The van der Waals surface area contributed by atoms with E-state index >= 15 is 0 Å². The van der Waals surface area contributed by atoms with Crippen LogP contribution in [0.3, 0.4) is 0 Å². The molecule has 2 saturated carbocycles. The third-order valence-corrected chi connectivity index (χ3v) is 3.96. The zero-order valence-electron chi connectivity index (χ0n) is 9.39. The summed E-state index contributed by atoms with van der Waals surface area (Å²) in [7, 11) is 2.09. The van der Waals surface area contributed by atoms with Crippen molar-refractivity contribution in [3.63, 3.8) is 0 Å². The fourth-order valence-electron chi connectivity index (χ4n) is 2.97. The molecule has 0 radical (unpaired) electrons. The van der Waals surface area contributed by atoms with Gasteiger partial charge < -0.3 is 10.6 Å². The van der Waals surface area contributed by atoms with E-state index in [0.717, 1.165) is 18.1 Å². The van der Waals surface area contributed by atoms with Crippen molar-refractivity contribution in [1.82, 2.24) is 10.6 Å². The lowest BCUT2D eigenvalue weighted by atomic mass is 9.91. The summed E-state index contributed by atoms with van der Waals surface area (Å²) in [6.07, 6.45) is 11.2. The Balaban J connectivity index is 1.67. The highest BCUT2D eigenvalue weighted by molar-refractivity contribution is 4.84. The van der Waals surface area contributed by atoms with Crippen molar-refractivity contribution in [3.05, 3.63) is 0 Å². The van der Waals surface area contributed by atoms with E-state index in [4.69, 9.17) is 0 Å². The maximum absolute atomic E-state index is 3.83. The van der Waals surface area contributed by atoms with Crippen LogP contribution < -0.4 is 10.6 Å². The molecule has 0 amide bonds. The highest BCUT2D eigenvalue weighted by Gasteiger charge is 2.23. The van der Waals surface area contributed by atoms with Crippen LogP contribution in [-0.2, 0) is 0 Å². The van der Waals surface area contributed by atoms with Gasteiger partial charge in [0.25, 0.3) is 0 Å². The lowest BCUT2D eigenvalue weighted by molar-refractivity contribution is 0.296. The highest BCUT2D eigenvalue weighted by atomic mass is 15.0. The third kappa shape index (κ3) is 2.71. The SMILES string of the molecule is CNC1CCC(NC2CCCC2)CC1. The minimum absolute atomic E-state index is 0.789. The molecule has 0 aromatic heterocycles. The molecule has 0 bridgehead atoms. The van der Waals surface area contributed by atoms with Gasteiger partial charge in [0.05, 0.1) is 0 Å². The standard InChI is InChI=1S/C12H24N2/c1-13-10-6-8-12(9-7-10)14-11-4-2-3-5-11/h10-14H,2-9H2,1H3. The summed E-state index contributed by atoms with van der Waals surface area (Å²) in [5.41, 5.74) is 0. The first kappa shape index (κ1) is 10.4. The van der Waals surface area contributed by atoms with Gasteiger partial charge in [-0.1, -0.05) is 12.8 Å². The number of hydrogen-bond donors (Lipinski definition) is 2. The zero-order chi connectivity index (χ0) is 9.80. The smallest absolute Gasteiger partial charge is 0.00708 e. The van der Waals surface area contributed by atoms with Gasteiger partial charge in [0.1, 0.15) is 0 Å². The lowest BCUT2D eigenvalue weighted by Gasteiger charge is -2.31. The normalized spacial score (nSPS) is 34.9. The van der Waals surface area contributed by atoms with Crippen molar-refractivity contribution in [2.45, 2.75) is 69.5 Å². The third-order valence-electron chi connectivity index (χ3n) is 3.96. The Morgan fingerprint density at radius 3 is 1.79 bits per heavy atom. The van der Waals surface area contributed by atoms with Gasteiger partial charge in [-0.3, -0.25) is 0 Å². The Labute approximate surface area is 87.8 Å². The second kappa shape index (κ2) is 5.13. The molecule has 82 valence electrons. The molecule has 2 nitrogen and oxygen atoms in total. The number of hydrogen-bond acceptors (Lipinski definition) is 2. The topological polar surface area (TPSA) is 24.1 Å². The van der Waals surface area contributed by atoms with Crippen LogP contribution in [0.15, 0.2) is 0 Å². The molecule has 2 fully saturated rings. The molecule has 0 aliphatic heterocycles. The minimum atomic E-state index is 0.789. The summed E-state index contributed by atoms with van der Waals surface area (Å²) in [6, 6.07) is 2.46. The van der Waals surface area contributed by atoms with Crippen LogP contribution in [0.1, 0.15) is 51.4 Å². The highest BCUT2D eigenvalue weighted by Crippen LogP contribution is 2.23. The Hall–Kier alpha value is -0.0800. The summed E-state index contributed by atoms with van der Waals surface area (Å²) >= 11 is 0. The first-order chi connectivity index (χ1) is 6.88. The minimum Gasteiger partial charge on any atom is -0.317 e. The van der Waals surface area contributed by atoms with E-state index < -0.39 is 0 Å². The van der Waals surface area contributed by atoms with Crippen LogP contribution in [0, 0.1) is 0 Å². The van der Waals surface area contributed by atoms with Crippen molar-refractivity contribution in [3.8, 4) is 0 Å². The summed E-state index contributed by atoms with van der Waals surface area (Å²) in [4.78, 5) is 0. The van der Waals surface area contributed by atoms with Gasteiger partial charge in [-0.15, -0.1) is 0 Å². The lowest BCUT2D eigenvalue weighted by Crippen LogP contribution is -2.42. The van der Waals surface area contributed by atoms with Crippen molar-refractivity contribution in [2.24, 2.45) is 0 Å². The predicted molar refractivity (Wildman–Crippen MR) is 60.5 cm³/mol. The molecular formula is C12H24N2. The van der Waals surface area contributed by atoms with E-state index in [-0.39, 0.29) is 0 Å². The van der Waals surface area contributed by atoms with Crippen molar-refractivity contribution in [1.29, 1.82) is 0 Å². The molecule has 0 atom stereocenters. The van der Waals surface area contributed by atoms with Crippen LogP contribution >= 0.6 is 0 Å². The summed E-state index contributed by atoms with van der Waals surface area (Å²) in [5, 5.41) is 7.22. The average molecular weight is 196 g/mol. The van der Waals surface area contributed by atoms with Gasteiger partial charge in [-0.25, -0.2) is 0 Å². The molecule has 2 aliphatic carbocycles. The molecule has 2 rings (SSSR count). The van der Waals surface area contributed by atoms with Crippen molar-refractivity contribution < 1.29 is 0 Å². The monoisotopic (exact) mass is 196 g/mol. The van der Waals surface area contributed by atoms with Crippen molar-refractivity contribution in [2.75, 3.05) is 7.05 Å². The molecule has 2 N–H and O–H groups in total. The number of rotatable bonds is 3. The maximum atomic E-state index is 3.83. The second-order valence-electron chi connectivity index (χ2n) is 4.99. The first-order valence-electron chi connectivity index (χ1n) is 6.32. The molecular weight excluding hydrogens is 172 g/mol. The van der Waals surface area contributed by atoms with Crippen LogP contribution in [-0.4, -0.2) is 25.2 Å². The van der Waals surface area contributed by atoms with E-state index in [1.807, 2.05) is 0 Å². The van der Waals surface area contributed by atoms with Crippen LogP contribution in [0.25, 0.3) is 0 Å². The Morgan fingerprint density at radius 1 is 0.714 bits per heavy atom.